The van der Waals surface area contributed by atoms with Gasteiger partial charge >= 0.3 is 5.97 Å². The van der Waals surface area contributed by atoms with Gasteiger partial charge in [0.2, 0.25) is 0 Å². The number of esters is 1. The van der Waals surface area contributed by atoms with Crippen LogP contribution in [0.15, 0.2) is 22.7 Å². The number of nitrogens with two attached hydrogens (primary N) is 1. The van der Waals surface area contributed by atoms with Crippen LogP contribution in [-0.4, -0.2) is 26.3 Å². The van der Waals surface area contributed by atoms with Crippen molar-refractivity contribution in [1.82, 2.24) is 0 Å². The van der Waals surface area contributed by atoms with Crippen LogP contribution < -0.4 is 5.73 Å². The zero-order chi connectivity index (χ0) is 12.0. The Labute approximate surface area is 103 Å². The number of hydrogen-bond donors (Lipinski definition) is 1. The Morgan fingerprint density at radius 3 is 2.88 bits per heavy atom. The number of rotatable bonds is 5. The number of benzene rings is 1. The summed E-state index contributed by atoms with van der Waals surface area (Å²) in [6.07, 6.45) is 0.677. The van der Waals surface area contributed by atoms with Gasteiger partial charge in [-0.25, -0.2) is 4.79 Å². The van der Waals surface area contributed by atoms with E-state index < -0.39 is 5.97 Å². The first-order chi connectivity index (χ1) is 7.65. The first-order valence-electron chi connectivity index (χ1n) is 4.86. The molecule has 2 N–H and O–H groups in total. The van der Waals surface area contributed by atoms with Crippen LogP contribution in [0.25, 0.3) is 0 Å². The van der Waals surface area contributed by atoms with Crippen molar-refractivity contribution >= 4 is 27.6 Å². The van der Waals surface area contributed by atoms with Crippen LogP contribution in [0.3, 0.4) is 0 Å². The van der Waals surface area contributed by atoms with Crippen LogP contribution in [-0.2, 0) is 9.47 Å². The fraction of sp³-hybridized carbons (Fsp3) is 0.364. The first-order valence-corrected chi connectivity index (χ1v) is 5.65. The maximum absolute atomic E-state index is 11.6. The fourth-order valence-electron chi connectivity index (χ4n) is 1.15. The van der Waals surface area contributed by atoms with Crippen molar-refractivity contribution in [3.05, 3.63) is 28.2 Å². The van der Waals surface area contributed by atoms with Gasteiger partial charge in [0, 0.05) is 30.3 Å². The van der Waals surface area contributed by atoms with Gasteiger partial charge in [0.05, 0.1) is 12.2 Å². The van der Waals surface area contributed by atoms with Crippen molar-refractivity contribution in [2.45, 2.75) is 6.42 Å². The maximum Gasteiger partial charge on any atom is 0.340 e. The van der Waals surface area contributed by atoms with Gasteiger partial charge in [0.25, 0.3) is 0 Å². The molecule has 0 bridgehead atoms. The van der Waals surface area contributed by atoms with Crippen molar-refractivity contribution in [2.24, 2.45) is 0 Å². The Morgan fingerprint density at radius 1 is 1.44 bits per heavy atom. The molecule has 4 nitrogen and oxygen atoms in total. The molecule has 0 heterocycles. The lowest BCUT2D eigenvalue weighted by atomic mass is 10.2. The second kappa shape index (κ2) is 6.50. The second-order valence-corrected chi connectivity index (χ2v) is 4.13. The normalized spacial score (nSPS) is 10.1. The molecule has 0 aliphatic rings. The van der Waals surface area contributed by atoms with Gasteiger partial charge in [0.1, 0.15) is 0 Å². The number of carbonyl (C=O) groups excluding carboxylic acids is 1. The van der Waals surface area contributed by atoms with E-state index >= 15 is 0 Å². The summed E-state index contributed by atoms with van der Waals surface area (Å²) in [5.41, 5.74) is 6.47. The van der Waals surface area contributed by atoms with E-state index in [1.54, 1.807) is 25.3 Å². The average Bonchev–Trinajstić information content (AvgIpc) is 2.27. The Hall–Kier alpha value is -1.07. The zero-order valence-electron chi connectivity index (χ0n) is 9.03. The van der Waals surface area contributed by atoms with Crippen molar-refractivity contribution in [3.8, 4) is 0 Å². The van der Waals surface area contributed by atoms with Crippen molar-refractivity contribution < 1.29 is 14.3 Å². The molecule has 5 heteroatoms. The standard InChI is InChI=1S/C11H14BrNO3/c1-15-5-2-6-16-11(14)9-7-8(12)3-4-10(9)13/h3-4,7H,2,5-6,13H2,1H3. The molecule has 1 aromatic carbocycles. The highest BCUT2D eigenvalue weighted by Gasteiger charge is 2.11. The molecular formula is C11H14BrNO3. The van der Waals surface area contributed by atoms with E-state index in [4.69, 9.17) is 15.2 Å². The predicted octanol–water partition coefficient (Wildman–Crippen LogP) is 2.22. The third-order valence-corrected chi connectivity index (χ3v) is 2.45. The summed E-state index contributed by atoms with van der Waals surface area (Å²) in [6.45, 7) is 0.903. The monoisotopic (exact) mass is 287 g/mol. The number of anilines is 1. The van der Waals surface area contributed by atoms with Crippen molar-refractivity contribution in [1.29, 1.82) is 0 Å². The fourth-order valence-corrected chi connectivity index (χ4v) is 1.51. The molecule has 0 unspecified atom stereocenters. The molecule has 0 amide bonds. The maximum atomic E-state index is 11.6. The number of methoxy groups -OCH3 is 1. The van der Waals surface area contributed by atoms with E-state index in [9.17, 15) is 4.79 Å². The summed E-state index contributed by atoms with van der Waals surface area (Å²) in [6, 6.07) is 5.08. The highest BCUT2D eigenvalue weighted by Crippen LogP contribution is 2.19. The second-order valence-electron chi connectivity index (χ2n) is 3.21. The number of carbonyl (C=O) groups is 1. The largest absolute Gasteiger partial charge is 0.462 e. The summed E-state index contributed by atoms with van der Waals surface area (Å²) in [5, 5.41) is 0. The Kier molecular flexibility index (Phi) is 5.28. The lowest BCUT2D eigenvalue weighted by Gasteiger charge is -2.07. The average molecular weight is 288 g/mol. The predicted molar refractivity (Wildman–Crippen MR) is 65.3 cm³/mol. The summed E-state index contributed by atoms with van der Waals surface area (Å²) < 4.78 is 10.7. The van der Waals surface area contributed by atoms with Crippen LogP contribution >= 0.6 is 15.9 Å². The highest BCUT2D eigenvalue weighted by molar-refractivity contribution is 9.10. The number of halogens is 1. The van der Waals surface area contributed by atoms with Gasteiger partial charge < -0.3 is 15.2 Å². The van der Waals surface area contributed by atoms with Gasteiger partial charge in [0.15, 0.2) is 0 Å². The first kappa shape index (κ1) is 13.0. The molecule has 0 saturated heterocycles. The molecule has 0 aliphatic carbocycles. The topological polar surface area (TPSA) is 61.5 Å². The molecular weight excluding hydrogens is 274 g/mol. The van der Waals surface area contributed by atoms with Crippen LogP contribution in [0.4, 0.5) is 5.69 Å². The van der Waals surface area contributed by atoms with Gasteiger partial charge in [-0.05, 0) is 18.2 Å². The molecule has 0 radical (unpaired) electrons. The Balaban J connectivity index is 2.55. The minimum atomic E-state index is -0.407. The molecule has 0 aliphatic heterocycles. The molecule has 1 aromatic rings. The number of hydrogen-bond acceptors (Lipinski definition) is 4. The van der Waals surface area contributed by atoms with Crippen molar-refractivity contribution in [3.63, 3.8) is 0 Å². The molecule has 0 spiro atoms. The molecule has 0 atom stereocenters. The molecule has 0 fully saturated rings. The highest BCUT2D eigenvalue weighted by atomic mass is 79.9. The summed E-state index contributed by atoms with van der Waals surface area (Å²) in [4.78, 5) is 11.6. The minimum absolute atomic E-state index is 0.332. The van der Waals surface area contributed by atoms with Crippen LogP contribution in [0, 0.1) is 0 Å². The lowest BCUT2D eigenvalue weighted by molar-refractivity contribution is 0.0469. The van der Waals surface area contributed by atoms with Gasteiger partial charge in [-0.1, -0.05) is 15.9 Å². The minimum Gasteiger partial charge on any atom is -0.462 e. The Morgan fingerprint density at radius 2 is 2.19 bits per heavy atom. The number of ether oxygens (including phenoxy) is 2. The lowest BCUT2D eigenvalue weighted by Crippen LogP contribution is -2.10. The van der Waals surface area contributed by atoms with E-state index in [0.717, 1.165) is 4.47 Å². The summed E-state index contributed by atoms with van der Waals surface area (Å²) in [7, 11) is 1.61. The zero-order valence-corrected chi connectivity index (χ0v) is 10.6. The molecule has 0 aromatic heterocycles. The quantitative estimate of drug-likeness (QED) is 0.512. The summed E-state index contributed by atoms with van der Waals surface area (Å²) in [5.74, 6) is -0.407. The SMILES string of the molecule is COCCCOC(=O)c1cc(Br)ccc1N. The molecule has 16 heavy (non-hydrogen) atoms. The van der Waals surface area contributed by atoms with Crippen molar-refractivity contribution in [2.75, 3.05) is 26.1 Å². The van der Waals surface area contributed by atoms with Gasteiger partial charge in [-0.15, -0.1) is 0 Å². The molecule has 88 valence electrons. The van der Waals surface area contributed by atoms with E-state index in [1.165, 1.54) is 0 Å². The van der Waals surface area contributed by atoms with Gasteiger partial charge in [-0.3, -0.25) is 0 Å². The van der Waals surface area contributed by atoms with E-state index in [2.05, 4.69) is 15.9 Å². The van der Waals surface area contributed by atoms with Crippen LogP contribution in [0.2, 0.25) is 0 Å². The van der Waals surface area contributed by atoms with Crippen LogP contribution in [0.5, 0.6) is 0 Å². The number of nitrogen functional groups attached to an aromatic ring is 1. The molecule has 0 saturated carbocycles. The van der Waals surface area contributed by atoms with Crippen LogP contribution in [0.1, 0.15) is 16.8 Å². The molecule has 1 rings (SSSR count). The van der Waals surface area contributed by atoms with E-state index in [-0.39, 0.29) is 0 Å². The van der Waals surface area contributed by atoms with E-state index in [0.29, 0.717) is 30.9 Å². The smallest absolute Gasteiger partial charge is 0.340 e. The summed E-state index contributed by atoms with van der Waals surface area (Å²) >= 11 is 3.27. The third kappa shape index (κ3) is 3.83. The van der Waals surface area contributed by atoms with Gasteiger partial charge in [-0.2, -0.15) is 0 Å². The van der Waals surface area contributed by atoms with E-state index in [1.807, 2.05) is 0 Å². The Bertz CT molecular complexity index is 368. The third-order valence-electron chi connectivity index (χ3n) is 1.96.